The maximum atomic E-state index is 5.72. The topological polar surface area (TPSA) is 27.7 Å². The Morgan fingerprint density at radius 1 is 0.319 bits per heavy atom. The lowest BCUT2D eigenvalue weighted by molar-refractivity contribution is -0.132. The van der Waals surface area contributed by atoms with Crippen molar-refractivity contribution in [2.45, 2.75) is 183 Å². The zero-order chi connectivity index (χ0) is 35.8. The lowest BCUT2D eigenvalue weighted by Gasteiger charge is -2.24. The van der Waals surface area contributed by atoms with Gasteiger partial charge >= 0.3 is 0 Å². The van der Waals surface area contributed by atoms with E-state index in [4.69, 9.17) is 14.2 Å². The maximum absolute atomic E-state index is 5.72. The van der Waals surface area contributed by atoms with E-state index in [2.05, 4.69) is 115 Å². The Morgan fingerprint density at radius 3 is 0.809 bits per heavy atom. The molecule has 12 atom stereocenters. The van der Waals surface area contributed by atoms with Gasteiger partial charge in [0.2, 0.25) is 0 Å². The fraction of sp³-hybridized carbons (Fsp3) is 1.00. The Kier molecular flexibility index (Phi) is 29.9. The van der Waals surface area contributed by atoms with E-state index in [-0.39, 0.29) is 0 Å². The van der Waals surface area contributed by atoms with Gasteiger partial charge in [0.05, 0.1) is 0 Å². The smallest absolute Gasteiger partial charge is 0.149 e. The first-order chi connectivity index (χ1) is 22.1. The highest BCUT2D eigenvalue weighted by atomic mass is 79.9. The molecule has 0 amide bonds. The van der Waals surface area contributed by atoms with E-state index in [1.54, 1.807) is 0 Å². The minimum absolute atomic E-state index is 0.340. The van der Waals surface area contributed by atoms with Crippen LogP contribution in [0.25, 0.3) is 0 Å². The second kappa shape index (κ2) is 29.4. The molecule has 0 heterocycles. The van der Waals surface area contributed by atoms with Gasteiger partial charge in [-0.05, 0) is 149 Å². The highest BCUT2D eigenvalue weighted by molar-refractivity contribution is 9.09. The third-order valence-electron chi connectivity index (χ3n) is 10.2. The van der Waals surface area contributed by atoms with Crippen LogP contribution in [0.15, 0.2) is 0 Å². The summed E-state index contributed by atoms with van der Waals surface area (Å²) in [4.78, 5) is 1.27. The Labute approximate surface area is 313 Å². The fourth-order valence-electron chi connectivity index (χ4n) is 8.95. The van der Waals surface area contributed by atoms with E-state index in [0.29, 0.717) is 23.2 Å². The molecule has 0 fully saturated rings. The Hall–Kier alpha value is 0.840. The second-order valence-corrected chi connectivity index (χ2v) is 20.6. The monoisotopic (exact) mass is 794 g/mol. The van der Waals surface area contributed by atoms with Crippen molar-refractivity contribution in [2.24, 2.45) is 59.2 Å². The van der Waals surface area contributed by atoms with Gasteiger partial charge in [0.15, 0.2) is 0 Å². The number of rotatable bonds is 32. The summed E-state index contributed by atoms with van der Waals surface area (Å²) in [6.07, 6.45) is 18.1. The number of halogens is 2. The minimum Gasteiger partial charge on any atom is -0.355 e. The first-order valence-electron chi connectivity index (χ1n) is 20.1. The molecular weight excluding hydrogens is 712 g/mol. The van der Waals surface area contributed by atoms with E-state index in [1.165, 1.54) is 77.0 Å². The third kappa shape index (κ3) is 31.3. The van der Waals surface area contributed by atoms with Crippen molar-refractivity contribution in [2.75, 3.05) is 26.8 Å². The van der Waals surface area contributed by atoms with E-state index in [0.717, 1.165) is 85.2 Å². The number of alkyl halides is 2. The van der Waals surface area contributed by atoms with Gasteiger partial charge in [0.1, 0.15) is 13.6 Å². The molecule has 284 valence electrons. The molecule has 0 spiro atoms. The van der Waals surface area contributed by atoms with Crippen molar-refractivity contribution in [1.29, 1.82) is 0 Å². The zero-order valence-corrected chi connectivity index (χ0v) is 36.8. The maximum Gasteiger partial charge on any atom is 0.149 e. The van der Waals surface area contributed by atoms with Crippen molar-refractivity contribution < 1.29 is 14.2 Å². The molecule has 0 aromatic heterocycles. The summed E-state index contributed by atoms with van der Waals surface area (Å²) in [7, 11) is 0. The molecule has 47 heavy (non-hydrogen) atoms. The van der Waals surface area contributed by atoms with Gasteiger partial charge in [-0.3, -0.25) is 0 Å². The number of hydrogen-bond donors (Lipinski definition) is 0. The van der Waals surface area contributed by atoms with Crippen LogP contribution in [0.1, 0.15) is 173 Å². The predicted octanol–water partition coefficient (Wildman–Crippen LogP) is 14.3. The van der Waals surface area contributed by atoms with Crippen LogP contribution in [0.3, 0.4) is 0 Å². The van der Waals surface area contributed by atoms with Gasteiger partial charge in [-0.25, -0.2) is 0 Å². The first kappa shape index (κ1) is 47.8. The highest BCUT2D eigenvalue weighted by Gasteiger charge is 2.19. The number of ether oxygens (including phenoxy) is 3. The first-order valence-corrected chi connectivity index (χ1v) is 21.9. The lowest BCUT2D eigenvalue weighted by Crippen LogP contribution is -2.13. The Bertz CT molecular complexity index is 633. The highest BCUT2D eigenvalue weighted by Crippen LogP contribution is 2.31. The Morgan fingerprint density at radius 2 is 0.553 bits per heavy atom. The van der Waals surface area contributed by atoms with Crippen molar-refractivity contribution in [3.63, 3.8) is 0 Å². The van der Waals surface area contributed by atoms with E-state index < -0.39 is 0 Å². The van der Waals surface area contributed by atoms with Crippen LogP contribution < -0.4 is 0 Å². The molecule has 0 aliphatic carbocycles. The van der Waals surface area contributed by atoms with Crippen LogP contribution in [-0.2, 0) is 14.2 Å². The summed E-state index contributed by atoms with van der Waals surface area (Å²) in [5.74, 6) is 8.04. The molecule has 0 saturated heterocycles. The molecule has 0 saturated carbocycles. The molecule has 0 N–H and O–H groups in total. The van der Waals surface area contributed by atoms with Crippen LogP contribution in [0, 0.1) is 59.2 Å². The van der Waals surface area contributed by atoms with E-state index in [1.807, 2.05) is 0 Å². The van der Waals surface area contributed by atoms with Crippen molar-refractivity contribution in [3.05, 3.63) is 0 Å². The van der Waals surface area contributed by atoms with Crippen LogP contribution in [0.4, 0.5) is 0 Å². The summed E-state index contributed by atoms with van der Waals surface area (Å²) in [5.41, 5.74) is 0. The molecule has 0 aromatic rings. The molecule has 12 unspecified atom stereocenters. The molecule has 3 nitrogen and oxygen atoms in total. The van der Waals surface area contributed by atoms with E-state index >= 15 is 0 Å². The van der Waals surface area contributed by atoms with Crippen molar-refractivity contribution >= 4 is 31.9 Å². The van der Waals surface area contributed by atoms with Crippen LogP contribution in [-0.4, -0.2) is 36.5 Å². The second-order valence-electron chi connectivity index (χ2n) is 17.5. The largest absolute Gasteiger partial charge is 0.355 e. The Balaban J connectivity index is 3.77. The summed E-state index contributed by atoms with van der Waals surface area (Å²) in [6.45, 7) is 31.2. The molecule has 0 radical (unpaired) electrons. The standard InChI is InChI=1S/C42H84Br2O3/c1-31(19-33(3)21-35(5)23-37(7)25-39(9)27-41(11)43)15-13-17-45-29-47-30-46-18-14-16-32(2)20-34(4)22-36(6)24-38(8)26-40(10)28-42(12)44/h31-42H,13-30H2,1-12H3. The van der Waals surface area contributed by atoms with Crippen LogP contribution in [0.5, 0.6) is 0 Å². The summed E-state index contributed by atoms with van der Waals surface area (Å²) in [6, 6.07) is 0. The van der Waals surface area contributed by atoms with E-state index in [9.17, 15) is 0 Å². The van der Waals surface area contributed by atoms with Gasteiger partial charge in [-0.15, -0.1) is 0 Å². The molecule has 0 rings (SSSR count). The lowest BCUT2D eigenvalue weighted by atomic mass is 9.82. The zero-order valence-electron chi connectivity index (χ0n) is 33.6. The molecule has 0 aromatic carbocycles. The minimum atomic E-state index is 0.340. The van der Waals surface area contributed by atoms with Gasteiger partial charge in [-0.1, -0.05) is 115 Å². The summed E-state index contributed by atoms with van der Waals surface area (Å²) >= 11 is 7.44. The normalized spacial score (nSPS) is 20.0. The number of hydrogen-bond acceptors (Lipinski definition) is 3. The van der Waals surface area contributed by atoms with Gasteiger partial charge < -0.3 is 14.2 Å². The SMILES string of the molecule is CC(Br)CC(C)CC(C)CC(C)CC(C)CC(C)CCCOCOCOCCCC(C)CC(C)CC(C)CC(C)CC(C)CC(C)Br. The van der Waals surface area contributed by atoms with Gasteiger partial charge in [0.25, 0.3) is 0 Å². The van der Waals surface area contributed by atoms with Gasteiger partial charge in [-0.2, -0.15) is 0 Å². The van der Waals surface area contributed by atoms with Crippen LogP contribution in [0.2, 0.25) is 0 Å². The van der Waals surface area contributed by atoms with Crippen LogP contribution >= 0.6 is 31.9 Å². The molecule has 0 aliphatic rings. The molecule has 0 bridgehead atoms. The summed E-state index contributed by atoms with van der Waals surface area (Å²) in [5, 5.41) is 0. The summed E-state index contributed by atoms with van der Waals surface area (Å²) < 4.78 is 17.0. The quantitative estimate of drug-likeness (QED) is 0.0386. The fourth-order valence-corrected chi connectivity index (χ4v) is 10.2. The molecular formula is C42H84Br2O3. The van der Waals surface area contributed by atoms with Gasteiger partial charge in [0, 0.05) is 22.9 Å². The molecule has 0 aliphatic heterocycles. The van der Waals surface area contributed by atoms with Crippen molar-refractivity contribution in [1.82, 2.24) is 0 Å². The molecule has 5 heteroatoms. The van der Waals surface area contributed by atoms with Crippen molar-refractivity contribution in [3.8, 4) is 0 Å². The predicted molar refractivity (Wildman–Crippen MR) is 216 cm³/mol. The third-order valence-corrected chi connectivity index (χ3v) is 10.9. The average Bonchev–Trinajstić information content (AvgIpc) is 2.89. The average molecular weight is 797 g/mol.